The number of para-hydroxylation sites is 1. The number of aliphatic imine (C=N–C) groups is 1. The van der Waals surface area contributed by atoms with Crippen molar-refractivity contribution >= 4 is 5.96 Å². The number of morpholine rings is 1. The number of rotatable bonds is 9. The number of hydrogen-bond acceptors (Lipinski definition) is 4. The van der Waals surface area contributed by atoms with E-state index in [0.717, 1.165) is 62.7 Å². The highest BCUT2D eigenvalue weighted by Crippen LogP contribution is 2.13. The third kappa shape index (κ3) is 7.21. The summed E-state index contributed by atoms with van der Waals surface area (Å²) >= 11 is 0. The molecule has 0 spiro atoms. The van der Waals surface area contributed by atoms with Crippen LogP contribution >= 0.6 is 0 Å². The Morgan fingerprint density at radius 1 is 1.07 bits per heavy atom. The molecule has 0 aliphatic carbocycles. The van der Waals surface area contributed by atoms with E-state index in [1.165, 1.54) is 0 Å². The molecule has 3 rings (SSSR count). The first kappa shape index (κ1) is 20.2. The van der Waals surface area contributed by atoms with Crippen molar-refractivity contribution < 1.29 is 9.47 Å². The fourth-order valence-corrected chi connectivity index (χ4v) is 3.08. The maximum Gasteiger partial charge on any atom is 0.188 e. The zero-order valence-electron chi connectivity index (χ0n) is 16.3. The number of hydrogen-bond donors (Lipinski definition) is 2. The Morgan fingerprint density at radius 3 is 2.68 bits per heavy atom. The summed E-state index contributed by atoms with van der Waals surface area (Å²) in [5, 5.41) is 3.20. The van der Waals surface area contributed by atoms with Crippen molar-refractivity contribution in [1.29, 1.82) is 0 Å². The maximum absolute atomic E-state index is 5.99. The largest absolute Gasteiger partial charge is 0.489 e. The minimum absolute atomic E-state index is 0.493. The van der Waals surface area contributed by atoms with E-state index in [1.807, 2.05) is 36.4 Å². The summed E-state index contributed by atoms with van der Waals surface area (Å²) in [7, 11) is 0. The van der Waals surface area contributed by atoms with Crippen molar-refractivity contribution in [2.24, 2.45) is 10.7 Å². The summed E-state index contributed by atoms with van der Waals surface area (Å²) in [6.07, 6.45) is 1.04. The van der Waals surface area contributed by atoms with Gasteiger partial charge in [0.2, 0.25) is 0 Å². The van der Waals surface area contributed by atoms with Gasteiger partial charge in [0.05, 0.1) is 19.8 Å². The van der Waals surface area contributed by atoms with Crippen LogP contribution in [0.4, 0.5) is 0 Å². The summed E-state index contributed by atoms with van der Waals surface area (Å²) in [6, 6.07) is 18.1. The first-order valence-electron chi connectivity index (χ1n) is 9.89. The van der Waals surface area contributed by atoms with E-state index >= 15 is 0 Å². The predicted molar refractivity (Wildman–Crippen MR) is 112 cm³/mol. The van der Waals surface area contributed by atoms with Crippen molar-refractivity contribution in [2.75, 3.05) is 39.4 Å². The molecule has 0 atom stereocenters. The zero-order valence-corrected chi connectivity index (χ0v) is 16.3. The van der Waals surface area contributed by atoms with Crippen molar-refractivity contribution in [2.45, 2.75) is 19.6 Å². The van der Waals surface area contributed by atoms with Crippen LogP contribution in [-0.2, 0) is 17.9 Å². The van der Waals surface area contributed by atoms with E-state index in [-0.39, 0.29) is 0 Å². The van der Waals surface area contributed by atoms with E-state index < -0.39 is 0 Å². The van der Waals surface area contributed by atoms with Crippen molar-refractivity contribution in [1.82, 2.24) is 10.2 Å². The molecule has 0 amide bonds. The molecule has 6 heteroatoms. The molecule has 2 aromatic rings. The number of nitrogens with zero attached hydrogens (tertiary/aromatic N) is 2. The molecule has 28 heavy (non-hydrogen) atoms. The van der Waals surface area contributed by atoms with Crippen LogP contribution in [0.25, 0.3) is 0 Å². The first-order chi connectivity index (χ1) is 13.8. The fraction of sp³-hybridized carbons (Fsp3) is 0.409. The molecule has 0 saturated carbocycles. The van der Waals surface area contributed by atoms with Crippen molar-refractivity contribution in [3.8, 4) is 5.75 Å². The van der Waals surface area contributed by atoms with Gasteiger partial charge in [0.15, 0.2) is 5.96 Å². The third-order valence-corrected chi connectivity index (χ3v) is 4.63. The van der Waals surface area contributed by atoms with Crippen LogP contribution < -0.4 is 15.8 Å². The Labute approximate surface area is 167 Å². The van der Waals surface area contributed by atoms with E-state index in [9.17, 15) is 0 Å². The van der Waals surface area contributed by atoms with Crippen LogP contribution in [0.3, 0.4) is 0 Å². The second kappa shape index (κ2) is 11.3. The molecular formula is C22H30N4O2. The molecular weight excluding hydrogens is 352 g/mol. The minimum Gasteiger partial charge on any atom is -0.489 e. The van der Waals surface area contributed by atoms with E-state index in [1.54, 1.807) is 0 Å². The van der Waals surface area contributed by atoms with Gasteiger partial charge in [0, 0.05) is 19.6 Å². The van der Waals surface area contributed by atoms with Crippen LogP contribution in [0, 0.1) is 0 Å². The van der Waals surface area contributed by atoms with E-state index in [4.69, 9.17) is 15.2 Å². The molecule has 0 unspecified atom stereocenters. The summed E-state index contributed by atoms with van der Waals surface area (Å²) in [5.41, 5.74) is 8.23. The molecule has 1 aliphatic heterocycles. The fourth-order valence-electron chi connectivity index (χ4n) is 3.08. The normalized spacial score (nSPS) is 15.4. The SMILES string of the molecule is NC(=NCc1cccc(COc2ccccc2)c1)NCCCN1CCOCC1. The quantitative estimate of drug-likeness (QED) is 0.396. The molecule has 1 aliphatic rings. The Bertz CT molecular complexity index is 730. The molecule has 1 saturated heterocycles. The smallest absolute Gasteiger partial charge is 0.188 e. The van der Waals surface area contributed by atoms with Gasteiger partial charge in [-0.05, 0) is 36.2 Å². The van der Waals surface area contributed by atoms with Gasteiger partial charge < -0.3 is 20.5 Å². The molecule has 150 valence electrons. The highest BCUT2D eigenvalue weighted by molar-refractivity contribution is 5.77. The van der Waals surface area contributed by atoms with Gasteiger partial charge in [-0.1, -0.05) is 42.5 Å². The summed E-state index contributed by atoms with van der Waals surface area (Å²) in [5.74, 6) is 1.37. The van der Waals surface area contributed by atoms with E-state index in [0.29, 0.717) is 19.1 Å². The Balaban J connectivity index is 1.37. The summed E-state index contributed by atoms with van der Waals surface area (Å²) in [4.78, 5) is 6.87. The lowest BCUT2D eigenvalue weighted by Crippen LogP contribution is -2.39. The molecule has 1 fully saturated rings. The lowest BCUT2D eigenvalue weighted by atomic mass is 10.1. The van der Waals surface area contributed by atoms with Gasteiger partial charge in [-0.3, -0.25) is 4.90 Å². The zero-order chi connectivity index (χ0) is 19.4. The van der Waals surface area contributed by atoms with Gasteiger partial charge in [-0.15, -0.1) is 0 Å². The molecule has 1 heterocycles. The van der Waals surface area contributed by atoms with Crippen molar-refractivity contribution in [3.05, 3.63) is 65.7 Å². The highest BCUT2D eigenvalue weighted by atomic mass is 16.5. The van der Waals surface area contributed by atoms with Gasteiger partial charge in [0.25, 0.3) is 0 Å². The van der Waals surface area contributed by atoms with Crippen LogP contribution in [0.2, 0.25) is 0 Å². The average molecular weight is 383 g/mol. The van der Waals surface area contributed by atoms with Gasteiger partial charge in [-0.25, -0.2) is 4.99 Å². The maximum atomic E-state index is 5.99. The standard InChI is InChI=1S/C22H30N4O2/c23-22(24-10-5-11-26-12-14-27-15-13-26)25-17-19-6-4-7-20(16-19)18-28-21-8-2-1-3-9-21/h1-4,6-9,16H,5,10-15,17-18H2,(H3,23,24,25). The number of ether oxygens (including phenoxy) is 2. The van der Waals surface area contributed by atoms with Crippen LogP contribution in [0.15, 0.2) is 59.6 Å². The monoisotopic (exact) mass is 382 g/mol. The van der Waals surface area contributed by atoms with Gasteiger partial charge in [0.1, 0.15) is 12.4 Å². The molecule has 0 bridgehead atoms. The molecule has 6 nitrogen and oxygen atoms in total. The Morgan fingerprint density at radius 2 is 1.86 bits per heavy atom. The first-order valence-corrected chi connectivity index (χ1v) is 9.89. The summed E-state index contributed by atoms with van der Waals surface area (Å²) in [6.45, 7) is 6.71. The van der Waals surface area contributed by atoms with Gasteiger partial charge in [-0.2, -0.15) is 0 Å². The van der Waals surface area contributed by atoms with Gasteiger partial charge >= 0.3 is 0 Å². The predicted octanol–water partition coefficient (Wildman–Crippen LogP) is 2.39. The highest BCUT2D eigenvalue weighted by Gasteiger charge is 2.09. The summed E-state index contributed by atoms with van der Waals surface area (Å²) < 4.78 is 11.2. The van der Waals surface area contributed by atoms with Crippen LogP contribution in [-0.4, -0.2) is 50.3 Å². The van der Waals surface area contributed by atoms with E-state index in [2.05, 4.69) is 33.4 Å². The second-order valence-corrected chi connectivity index (χ2v) is 6.86. The third-order valence-electron chi connectivity index (χ3n) is 4.63. The lowest BCUT2D eigenvalue weighted by Gasteiger charge is -2.26. The molecule has 0 aromatic heterocycles. The molecule has 0 radical (unpaired) electrons. The number of nitrogens with one attached hydrogen (secondary N) is 1. The minimum atomic E-state index is 0.493. The Kier molecular flexibility index (Phi) is 8.15. The number of nitrogens with two attached hydrogens (primary N) is 1. The van der Waals surface area contributed by atoms with Crippen LogP contribution in [0.5, 0.6) is 5.75 Å². The topological polar surface area (TPSA) is 72.1 Å². The average Bonchev–Trinajstić information content (AvgIpc) is 2.76. The number of benzene rings is 2. The molecule has 2 aromatic carbocycles. The number of guanidine groups is 1. The lowest BCUT2D eigenvalue weighted by molar-refractivity contribution is 0.0376. The Hall–Kier alpha value is -2.57. The van der Waals surface area contributed by atoms with Crippen molar-refractivity contribution in [3.63, 3.8) is 0 Å². The molecule has 3 N–H and O–H groups in total. The van der Waals surface area contributed by atoms with Crippen LogP contribution in [0.1, 0.15) is 17.5 Å². The second-order valence-electron chi connectivity index (χ2n) is 6.86.